The van der Waals surface area contributed by atoms with Gasteiger partial charge in [0, 0.05) is 13.1 Å². The van der Waals surface area contributed by atoms with Gasteiger partial charge in [-0.2, -0.15) is 0 Å². The summed E-state index contributed by atoms with van der Waals surface area (Å²) in [5.74, 6) is -0.179. The van der Waals surface area contributed by atoms with Gasteiger partial charge in [0.15, 0.2) is 0 Å². The molecule has 4 nitrogen and oxygen atoms in total. The molecular formula is C9H17NO3. The van der Waals surface area contributed by atoms with Gasteiger partial charge in [0.25, 0.3) is 0 Å². The molecule has 0 amide bonds. The Hall–Kier alpha value is -0.610. The maximum absolute atomic E-state index is 11.0. The molecule has 0 N–H and O–H groups in total. The van der Waals surface area contributed by atoms with E-state index in [0.717, 1.165) is 13.1 Å². The molecule has 1 heterocycles. The minimum absolute atomic E-state index is 0.179. The molecule has 0 saturated carbocycles. The zero-order chi connectivity index (χ0) is 9.84. The van der Waals surface area contributed by atoms with Gasteiger partial charge in [-0.25, -0.2) is 0 Å². The number of methoxy groups -OCH3 is 1. The van der Waals surface area contributed by atoms with Crippen molar-refractivity contribution in [2.24, 2.45) is 0 Å². The highest BCUT2D eigenvalue weighted by molar-refractivity contribution is 5.71. The topological polar surface area (TPSA) is 38.8 Å². The Balaban J connectivity index is 2.37. The average molecular weight is 187 g/mol. The number of rotatable bonds is 2. The quantitative estimate of drug-likeness (QED) is 0.582. The van der Waals surface area contributed by atoms with Gasteiger partial charge in [-0.3, -0.25) is 9.69 Å². The Kier molecular flexibility index (Phi) is 3.69. The average Bonchev–Trinajstić information content (AvgIpc) is 2.02. The van der Waals surface area contributed by atoms with E-state index in [2.05, 4.69) is 9.64 Å². The van der Waals surface area contributed by atoms with Crippen molar-refractivity contribution in [3.05, 3.63) is 0 Å². The number of hydrogen-bond acceptors (Lipinski definition) is 4. The van der Waals surface area contributed by atoms with Gasteiger partial charge in [0.2, 0.25) is 0 Å². The molecule has 1 aliphatic rings. The third-order valence-corrected chi connectivity index (χ3v) is 2.08. The lowest BCUT2D eigenvalue weighted by Crippen LogP contribution is -2.47. The third kappa shape index (κ3) is 3.32. The number of morpholine rings is 1. The zero-order valence-electron chi connectivity index (χ0n) is 8.45. The van der Waals surface area contributed by atoms with Crippen LogP contribution in [-0.4, -0.2) is 49.8 Å². The van der Waals surface area contributed by atoms with Gasteiger partial charge in [0.1, 0.15) is 0 Å². The van der Waals surface area contributed by atoms with E-state index in [-0.39, 0.29) is 18.2 Å². The molecule has 1 saturated heterocycles. The minimum atomic E-state index is -0.179. The van der Waals surface area contributed by atoms with Crippen LogP contribution in [0.5, 0.6) is 0 Å². The molecule has 0 aromatic rings. The number of esters is 1. The van der Waals surface area contributed by atoms with Gasteiger partial charge in [-0.15, -0.1) is 0 Å². The summed E-state index contributed by atoms with van der Waals surface area (Å²) in [6.07, 6.45) is 0.404. The lowest BCUT2D eigenvalue weighted by molar-refractivity contribution is -0.145. The molecule has 1 fully saturated rings. The fourth-order valence-corrected chi connectivity index (χ4v) is 1.66. The van der Waals surface area contributed by atoms with Crippen LogP contribution in [0.4, 0.5) is 0 Å². The largest absolute Gasteiger partial charge is 0.468 e. The lowest BCUT2D eigenvalue weighted by Gasteiger charge is -2.34. The Morgan fingerprint density at radius 2 is 2.00 bits per heavy atom. The number of nitrogens with zero attached hydrogens (tertiary/aromatic N) is 1. The first-order chi connectivity index (χ1) is 6.11. The molecule has 0 aromatic carbocycles. The maximum Gasteiger partial charge on any atom is 0.319 e. The van der Waals surface area contributed by atoms with Crippen LogP contribution in [0, 0.1) is 0 Å². The van der Waals surface area contributed by atoms with Crippen LogP contribution >= 0.6 is 0 Å². The van der Waals surface area contributed by atoms with Crippen molar-refractivity contribution < 1.29 is 14.3 Å². The van der Waals surface area contributed by atoms with Crippen molar-refractivity contribution in [1.29, 1.82) is 0 Å². The van der Waals surface area contributed by atoms with Crippen LogP contribution in [0.15, 0.2) is 0 Å². The molecule has 4 heteroatoms. The van der Waals surface area contributed by atoms with Crippen LogP contribution in [0.25, 0.3) is 0 Å². The second kappa shape index (κ2) is 4.58. The van der Waals surface area contributed by atoms with E-state index >= 15 is 0 Å². The van der Waals surface area contributed by atoms with Gasteiger partial charge in [0.05, 0.1) is 25.9 Å². The van der Waals surface area contributed by atoms with E-state index in [0.29, 0.717) is 6.54 Å². The maximum atomic E-state index is 11.0. The summed E-state index contributed by atoms with van der Waals surface area (Å²) in [5, 5.41) is 0. The fraction of sp³-hybridized carbons (Fsp3) is 0.889. The van der Waals surface area contributed by atoms with Crippen LogP contribution in [0.2, 0.25) is 0 Å². The Labute approximate surface area is 78.8 Å². The molecule has 0 radical (unpaired) electrons. The van der Waals surface area contributed by atoms with Crippen molar-refractivity contribution >= 4 is 5.97 Å². The van der Waals surface area contributed by atoms with Gasteiger partial charge in [-0.1, -0.05) is 0 Å². The van der Waals surface area contributed by atoms with Crippen molar-refractivity contribution in [1.82, 2.24) is 4.90 Å². The van der Waals surface area contributed by atoms with E-state index in [1.807, 2.05) is 13.8 Å². The molecule has 13 heavy (non-hydrogen) atoms. The summed E-state index contributed by atoms with van der Waals surface area (Å²) in [7, 11) is 1.41. The Bertz CT molecular complexity index is 174. The molecule has 0 spiro atoms. The summed E-state index contributed by atoms with van der Waals surface area (Å²) in [5.41, 5.74) is 0. The molecule has 0 aromatic heterocycles. The van der Waals surface area contributed by atoms with Crippen molar-refractivity contribution in [3.8, 4) is 0 Å². The first-order valence-electron chi connectivity index (χ1n) is 4.56. The van der Waals surface area contributed by atoms with E-state index in [1.54, 1.807) is 0 Å². The third-order valence-electron chi connectivity index (χ3n) is 2.08. The van der Waals surface area contributed by atoms with Gasteiger partial charge < -0.3 is 9.47 Å². The zero-order valence-corrected chi connectivity index (χ0v) is 8.45. The fourth-order valence-electron chi connectivity index (χ4n) is 1.66. The smallest absolute Gasteiger partial charge is 0.319 e. The molecule has 0 unspecified atom stereocenters. The second-order valence-electron chi connectivity index (χ2n) is 3.53. The van der Waals surface area contributed by atoms with Crippen LogP contribution in [-0.2, 0) is 14.3 Å². The predicted molar refractivity (Wildman–Crippen MR) is 48.5 cm³/mol. The summed E-state index contributed by atoms with van der Waals surface area (Å²) in [6.45, 7) is 6.01. The van der Waals surface area contributed by atoms with E-state index in [4.69, 9.17) is 4.74 Å². The first kappa shape index (κ1) is 10.5. The summed E-state index contributed by atoms with van der Waals surface area (Å²) >= 11 is 0. The van der Waals surface area contributed by atoms with E-state index in [1.165, 1.54) is 7.11 Å². The molecule has 1 aliphatic heterocycles. The van der Waals surface area contributed by atoms with Gasteiger partial charge >= 0.3 is 5.97 Å². The summed E-state index contributed by atoms with van der Waals surface area (Å²) < 4.78 is 10.1. The highest BCUT2D eigenvalue weighted by atomic mass is 16.5. The molecule has 0 aliphatic carbocycles. The van der Waals surface area contributed by atoms with Crippen molar-refractivity contribution in [2.75, 3.05) is 26.7 Å². The molecular weight excluding hydrogens is 170 g/mol. The number of ether oxygens (including phenoxy) is 2. The highest BCUT2D eigenvalue weighted by Crippen LogP contribution is 2.09. The SMILES string of the molecule is COC(=O)CN1C[C@@H](C)O[C@@H](C)C1. The van der Waals surface area contributed by atoms with E-state index in [9.17, 15) is 4.79 Å². The number of carbonyl (C=O) groups is 1. The highest BCUT2D eigenvalue weighted by Gasteiger charge is 2.23. The monoisotopic (exact) mass is 187 g/mol. The van der Waals surface area contributed by atoms with E-state index < -0.39 is 0 Å². The lowest BCUT2D eigenvalue weighted by atomic mass is 10.2. The predicted octanol–water partition coefficient (Wildman–Crippen LogP) is 0.269. The van der Waals surface area contributed by atoms with Crippen LogP contribution in [0.1, 0.15) is 13.8 Å². The Morgan fingerprint density at radius 3 is 2.46 bits per heavy atom. The van der Waals surface area contributed by atoms with Gasteiger partial charge in [-0.05, 0) is 13.8 Å². The summed E-state index contributed by atoms with van der Waals surface area (Å²) in [4.78, 5) is 13.0. The van der Waals surface area contributed by atoms with Crippen LogP contribution in [0.3, 0.4) is 0 Å². The number of hydrogen-bond donors (Lipinski definition) is 0. The molecule has 0 bridgehead atoms. The summed E-state index contributed by atoms with van der Waals surface area (Å²) in [6, 6.07) is 0. The standard InChI is InChI=1S/C9H17NO3/c1-7-4-10(5-8(2)13-7)6-9(11)12-3/h7-8H,4-6H2,1-3H3/t7-,8+. The molecule has 2 atom stereocenters. The molecule has 1 rings (SSSR count). The van der Waals surface area contributed by atoms with Crippen molar-refractivity contribution in [2.45, 2.75) is 26.1 Å². The number of carbonyl (C=O) groups excluding carboxylic acids is 1. The van der Waals surface area contributed by atoms with Crippen LogP contribution < -0.4 is 0 Å². The molecule has 76 valence electrons. The van der Waals surface area contributed by atoms with Crippen molar-refractivity contribution in [3.63, 3.8) is 0 Å². The Morgan fingerprint density at radius 1 is 1.46 bits per heavy atom. The minimum Gasteiger partial charge on any atom is -0.468 e. The normalized spacial score (nSPS) is 30.1. The first-order valence-corrected chi connectivity index (χ1v) is 4.56. The second-order valence-corrected chi connectivity index (χ2v) is 3.53.